The topological polar surface area (TPSA) is 67.4 Å². The molecule has 2 rings (SSSR count). The molecular formula is C12H11ClN2O3. The normalized spacial score (nSPS) is 15.7. The highest BCUT2D eigenvalue weighted by Gasteiger charge is 2.20. The third kappa shape index (κ3) is 2.62. The number of fused-ring (bicyclic) bond motifs is 1. The quantitative estimate of drug-likeness (QED) is 0.636. The Hall–Kier alpha value is -2.01. The predicted molar refractivity (Wildman–Crippen MR) is 68.4 cm³/mol. The lowest BCUT2D eigenvalue weighted by atomic mass is 10.2. The second-order valence-electron chi connectivity index (χ2n) is 3.58. The molecule has 0 unspecified atom stereocenters. The van der Waals surface area contributed by atoms with E-state index in [-0.39, 0.29) is 12.3 Å². The summed E-state index contributed by atoms with van der Waals surface area (Å²) >= 11 is 5.82. The number of rotatable bonds is 2. The van der Waals surface area contributed by atoms with E-state index in [0.717, 1.165) is 6.08 Å². The Labute approximate surface area is 109 Å². The van der Waals surface area contributed by atoms with Crippen LogP contribution in [0.2, 0.25) is 5.02 Å². The number of hydrogen-bond acceptors (Lipinski definition) is 4. The van der Waals surface area contributed by atoms with Gasteiger partial charge in [-0.05, 0) is 25.1 Å². The fourth-order valence-corrected chi connectivity index (χ4v) is 1.70. The van der Waals surface area contributed by atoms with Crippen molar-refractivity contribution in [1.29, 1.82) is 0 Å². The molecule has 0 bridgehead atoms. The van der Waals surface area contributed by atoms with Gasteiger partial charge < -0.3 is 15.4 Å². The van der Waals surface area contributed by atoms with Crippen molar-refractivity contribution in [1.82, 2.24) is 0 Å². The molecule has 1 aromatic rings. The highest BCUT2D eigenvalue weighted by molar-refractivity contribution is 6.31. The molecule has 18 heavy (non-hydrogen) atoms. The monoisotopic (exact) mass is 266 g/mol. The lowest BCUT2D eigenvalue weighted by Gasteiger charge is -2.20. The van der Waals surface area contributed by atoms with Crippen molar-refractivity contribution < 1.29 is 14.3 Å². The number of ether oxygens (including phenoxy) is 1. The van der Waals surface area contributed by atoms with Gasteiger partial charge in [-0.25, -0.2) is 4.79 Å². The Morgan fingerprint density at radius 2 is 2.17 bits per heavy atom. The van der Waals surface area contributed by atoms with Crippen molar-refractivity contribution in [3.05, 3.63) is 35.0 Å². The van der Waals surface area contributed by atoms with Crippen molar-refractivity contribution in [3.63, 3.8) is 0 Å². The van der Waals surface area contributed by atoms with Crippen molar-refractivity contribution in [2.24, 2.45) is 0 Å². The van der Waals surface area contributed by atoms with Crippen LogP contribution < -0.4 is 10.6 Å². The van der Waals surface area contributed by atoms with Crippen molar-refractivity contribution >= 4 is 34.9 Å². The van der Waals surface area contributed by atoms with Crippen molar-refractivity contribution in [2.45, 2.75) is 6.92 Å². The number of anilines is 2. The van der Waals surface area contributed by atoms with Crippen LogP contribution in [0.25, 0.3) is 0 Å². The number of amides is 1. The number of halogens is 1. The highest BCUT2D eigenvalue weighted by Crippen LogP contribution is 2.30. The molecule has 0 spiro atoms. The molecule has 94 valence electrons. The number of hydrogen-bond donors (Lipinski definition) is 2. The Balaban J connectivity index is 2.26. The van der Waals surface area contributed by atoms with Gasteiger partial charge in [-0.2, -0.15) is 0 Å². The third-order valence-electron chi connectivity index (χ3n) is 2.29. The van der Waals surface area contributed by atoms with Crippen LogP contribution in [0, 0.1) is 0 Å². The van der Waals surface area contributed by atoms with E-state index in [2.05, 4.69) is 10.6 Å². The molecule has 0 saturated carbocycles. The molecule has 0 atom stereocenters. The van der Waals surface area contributed by atoms with Gasteiger partial charge in [0.2, 0.25) is 0 Å². The number of carbonyl (C=O) groups excluding carboxylic acids is 2. The molecule has 6 heteroatoms. The van der Waals surface area contributed by atoms with Crippen LogP contribution in [0.5, 0.6) is 0 Å². The average Bonchev–Trinajstić information content (AvgIpc) is 2.31. The molecule has 0 saturated heterocycles. The Morgan fingerprint density at radius 1 is 1.39 bits per heavy atom. The standard InChI is InChI=1S/C12H11ClN2O3/c1-2-18-11(16)6-10-12(17)15-9-5-7(13)3-4-8(9)14-10/h3-6,14H,2H2,1H3,(H,15,17)/b10-6+. The first-order chi connectivity index (χ1) is 8.60. The minimum atomic E-state index is -0.562. The molecule has 1 aromatic carbocycles. The first-order valence-electron chi connectivity index (χ1n) is 5.36. The third-order valence-corrected chi connectivity index (χ3v) is 2.53. The maximum Gasteiger partial charge on any atom is 0.333 e. The van der Waals surface area contributed by atoms with Crippen LogP contribution in [0.15, 0.2) is 30.0 Å². The van der Waals surface area contributed by atoms with Crippen LogP contribution in [0.1, 0.15) is 6.92 Å². The lowest BCUT2D eigenvalue weighted by Crippen LogP contribution is -2.26. The van der Waals surface area contributed by atoms with Crippen LogP contribution in [-0.2, 0) is 14.3 Å². The highest BCUT2D eigenvalue weighted by atomic mass is 35.5. The fourth-order valence-electron chi connectivity index (χ4n) is 1.52. The number of esters is 1. The van der Waals surface area contributed by atoms with Gasteiger partial charge in [0.05, 0.1) is 24.1 Å². The van der Waals surface area contributed by atoms with E-state index in [1.165, 1.54) is 0 Å². The maximum atomic E-state index is 11.7. The van der Waals surface area contributed by atoms with Crippen LogP contribution in [-0.4, -0.2) is 18.5 Å². The minimum absolute atomic E-state index is 0.142. The molecule has 0 radical (unpaired) electrons. The zero-order valence-electron chi connectivity index (χ0n) is 9.62. The summed E-state index contributed by atoms with van der Waals surface area (Å²) in [4.78, 5) is 23.0. The zero-order chi connectivity index (χ0) is 13.1. The van der Waals surface area contributed by atoms with E-state index in [9.17, 15) is 9.59 Å². The number of benzene rings is 1. The summed E-state index contributed by atoms with van der Waals surface area (Å²) in [7, 11) is 0. The second-order valence-corrected chi connectivity index (χ2v) is 4.02. The summed E-state index contributed by atoms with van der Waals surface area (Å²) < 4.78 is 4.74. The van der Waals surface area contributed by atoms with Crippen LogP contribution >= 0.6 is 11.6 Å². The SMILES string of the molecule is CCOC(=O)/C=C1/Nc2ccc(Cl)cc2NC1=O. The van der Waals surface area contributed by atoms with E-state index < -0.39 is 11.9 Å². The van der Waals surface area contributed by atoms with E-state index in [0.29, 0.717) is 16.4 Å². The molecule has 2 N–H and O–H groups in total. The molecule has 1 amide bonds. The Bertz CT molecular complexity index is 540. The molecule has 0 aromatic heterocycles. The summed E-state index contributed by atoms with van der Waals surface area (Å²) in [5, 5.41) is 6.01. The number of carbonyl (C=O) groups is 2. The summed E-state index contributed by atoms with van der Waals surface area (Å²) in [6.07, 6.45) is 1.12. The van der Waals surface area contributed by atoms with Crippen LogP contribution in [0.4, 0.5) is 11.4 Å². The van der Waals surface area contributed by atoms with Gasteiger partial charge in [-0.3, -0.25) is 4.79 Å². The molecule has 0 aliphatic carbocycles. The first kappa shape index (κ1) is 12.4. The molecule has 5 nitrogen and oxygen atoms in total. The van der Waals surface area contributed by atoms with Gasteiger partial charge in [0.25, 0.3) is 5.91 Å². The second kappa shape index (κ2) is 5.10. The lowest BCUT2D eigenvalue weighted by molar-refractivity contribution is -0.137. The summed E-state index contributed by atoms with van der Waals surface area (Å²) in [6, 6.07) is 5.03. The van der Waals surface area contributed by atoms with E-state index >= 15 is 0 Å². The van der Waals surface area contributed by atoms with Crippen molar-refractivity contribution in [3.8, 4) is 0 Å². The summed E-state index contributed by atoms with van der Waals surface area (Å²) in [5.74, 6) is -0.967. The molecule has 1 aliphatic rings. The van der Waals surface area contributed by atoms with Gasteiger partial charge in [0.15, 0.2) is 0 Å². The van der Waals surface area contributed by atoms with Gasteiger partial charge in [0.1, 0.15) is 5.70 Å². The predicted octanol–water partition coefficient (Wildman–Crippen LogP) is 2.15. The maximum absolute atomic E-state index is 11.7. The molecular weight excluding hydrogens is 256 g/mol. The van der Waals surface area contributed by atoms with Gasteiger partial charge in [-0.15, -0.1) is 0 Å². The van der Waals surface area contributed by atoms with Gasteiger partial charge in [-0.1, -0.05) is 11.6 Å². The minimum Gasteiger partial charge on any atom is -0.463 e. The van der Waals surface area contributed by atoms with Gasteiger partial charge >= 0.3 is 5.97 Å². The van der Waals surface area contributed by atoms with Gasteiger partial charge in [0, 0.05) is 5.02 Å². The Kier molecular flexibility index (Phi) is 3.53. The molecule has 1 heterocycles. The summed E-state index contributed by atoms with van der Waals surface area (Å²) in [6.45, 7) is 1.96. The van der Waals surface area contributed by atoms with E-state index in [1.807, 2.05) is 0 Å². The van der Waals surface area contributed by atoms with Crippen LogP contribution in [0.3, 0.4) is 0 Å². The van der Waals surface area contributed by atoms with E-state index in [1.54, 1.807) is 25.1 Å². The zero-order valence-corrected chi connectivity index (χ0v) is 10.4. The average molecular weight is 267 g/mol. The Morgan fingerprint density at radius 3 is 2.89 bits per heavy atom. The largest absolute Gasteiger partial charge is 0.463 e. The van der Waals surface area contributed by atoms with Crippen molar-refractivity contribution in [2.75, 3.05) is 17.2 Å². The summed E-state index contributed by atoms with van der Waals surface area (Å²) in [5.41, 5.74) is 1.39. The molecule has 0 fully saturated rings. The van der Waals surface area contributed by atoms with E-state index in [4.69, 9.17) is 16.3 Å². The first-order valence-corrected chi connectivity index (χ1v) is 5.74. The molecule has 1 aliphatic heterocycles. The fraction of sp³-hybridized carbons (Fsp3) is 0.167. The number of nitrogens with one attached hydrogen (secondary N) is 2. The smallest absolute Gasteiger partial charge is 0.333 e.